The number of carbonyl (C=O) groups is 2. The highest BCUT2D eigenvalue weighted by molar-refractivity contribution is 6.42. The Morgan fingerprint density at radius 1 is 1.17 bits per heavy atom. The molecule has 4 nitrogen and oxygen atoms in total. The maximum Gasteiger partial charge on any atom is 0.242 e. The van der Waals surface area contributed by atoms with Crippen LogP contribution in [0.3, 0.4) is 0 Å². The van der Waals surface area contributed by atoms with Gasteiger partial charge in [0.2, 0.25) is 11.8 Å². The fraction of sp³-hybridized carbons (Fsp3) is 0.556. The van der Waals surface area contributed by atoms with Crippen molar-refractivity contribution in [1.29, 1.82) is 0 Å². The molecule has 0 bridgehead atoms. The molecule has 0 fully saturated rings. The minimum atomic E-state index is -0.544. The first-order valence-corrected chi connectivity index (χ1v) is 9.02. The summed E-state index contributed by atoms with van der Waals surface area (Å²) in [5.41, 5.74) is 0.845. The lowest BCUT2D eigenvalue weighted by Gasteiger charge is -2.29. The van der Waals surface area contributed by atoms with E-state index in [0.29, 0.717) is 35.5 Å². The Kier molecular flexibility index (Phi) is 8.57. The van der Waals surface area contributed by atoms with Crippen molar-refractivity contribution >= 4 is 35.0 Å². The lowest BCUT2D eigenvalue weighted by Crippen LogP contribution is -2.48. The van der Waals surface area contributed by atoms with Gasteiger partial charge in [-0.1, -0.05) is 50.0 Å². The van der Waals surface area contributed by atoms with Crippen molar-refractivity contribution in [2.75, 3.05) is 6.54 Å². The van der Waals surface area contributed by atoms with Crippen LogP contribution in [-0.4, -0.2) is 29.3 Å². The standard InChI is InChI=1S/C18H26Cl2N2O2/c1-5-6-17(23)22(13(4)18(24)21-10-12(2)3)11-14-7-8-15(19)16(20)9-14/h7-9,12-13H,5-6,10-11H2,1-4H3,(H,21,24)/t13-/m0/s1. The minimum Gasteiger partial charge on any atom is -0.354 e. The van der Waals surface area contributed by atoms with E-state index in [4.69, 9.17) is 23.2 Å². The van der Waals surface area contributed by atoms with Crippen molar-refractivity contribution in [3.05, 3.63) is 33.8 Å². The van der Waals surface area contributed by atoms with E-state index in [1.807, 2.05) is 26.8 Å². The van der Waals surface area contributed by atoms with Crippen molar-refractivity contribution in [3.63, 3.8) is 0 Å². The van der Waals surface area contributed by atoms with E-state index < -0.39 is 6.04 Å². The molecule has 0 heterocycles. The summed E-state index contributed by atoms with van der Waals surface area (Å²) >= 11 is 12.0. The molecule has 0 spiro atoms. The van der Waals surface area contributed by atoms with E-state index in [2.05, 4.69) is 5.32 Å². The summed E-state index contributed by atoms with van der Waals surface area (Å²) in [5, 5.41) is 3.79. The van der Waals surface area contributed by atoms with Gasteiger partial charge in [0.05, 0.1) is 10.0 Å². The van der Waals surface area contributed by atoms with Gasteiger partial charge in [0.25, 0.3) is 0 Å². The van der Waals surface area contributed by atoms with Crippen LogP contribution in [-0.2, 0) is 16.1 Å². The zero-order valence-electron chi connectivity index (χ0n) is 14.7. The molecular formula is C18H26Cl2N2O2. The van der Waals surface area contributed by atoms with Gasteiger partial charge in [-0.15, -0.1) is 0 Å². The predicted octanol–water partition coefficient (Wildman–Crippen LogP) is 4.28. The van der Waals surface area contributed by atoms with Gasteiger partial charge in [0.15, 0.2) is 0 Å². The molecule has 0 aromatic heterocycles. The zero-order chi connectivity index (χ0) is 18.3. The molecule has 134 valence electrons. The largest absolute Gasteiger partial charge is 0.354 e. The molecule has 1 atom stereocenters. The number of benzene rings is 1. The smallest absolute Gasteiger partial charge is 0.242 e. The average Bonchev–Trinajstić information content (AvgIpc) is 2.53. The van der Waals surface area contributed by atoms with Crippen molar-refractivity contribution in [1.82, 2.24) is 10.2 Å². The average molecular weight is 373 g/mol. The Bertz CT molecular complexity index is 576. The maximum atomic E-state index is 12.5. The van der Waals surface area contributed by atoms with Crippen molar-refractivity contribution in [3.8, 4) is 0 Å². The van der Waals surface area contributed by atoms with E-state index >= 15 is 0 Å². The predicted molar refractivity (Wildman–Crippen MR) is 99.2 cm³/mol. The summed E-state index contributed by atoms with van der Waals surface area (Å²) in [6.07, 6.45) is 1.14. The van der Waals surface area contributed by atoms with Crippen LogP contribution in [0.2, 0.25) is 10.0 Å². The lowest BCUT2D eigenvalue weighted by molar-refractivity contribution is -0.140. The number of nitrogens with one attached hydrogen (secondary N) is 1. The van der Waals surface area contributed by atoms with Crippen LogP contribution >= 0.6 is 23.2 Å². The van der Waals surface area contributed by atoms with Crippen LogP contribution in [0.4, 0.5) is 0 Å². The minimum absolute atomic E-state index is 0.0456. The highest BCUT2D eigenvalue weighted by Crippen LogP contribution is 2.24. The van der Waals surface area contributed by atoms with E-state index in [1.165, 1.54) is 0 Å². The number of rotatable bonds is 8. The van der Waals surface area contributed by atoms with E-state index in [-0.39, 0.29) is 11.8 Å². The van der Waals surface area contributed by atoms with Gasteiger partial charge in [-0.3, -0.25) is 9.59 Å². The summed E-state index contributed by atoms with van der Waals surface area (Å²) in [6.45, 7) is 8.67. The normalized spacial score (nSPS) is 12.1. The molecule has 0 radical (unpaired) electrons. The SMILES string of the molecule is CCCC(=O)N(Cc1ccc(Cl)c(Cl)c1)[C@@H](C)C(=O)NCC(C)C. The third-order valence-corrected chi connectivity index (χ3v) is 4.39. The fourth-order valence-corrected chi connectivity index (χ4v) is 2.55. The van der Waals surface area contributed by atoms with Crippen LogP contribution in [0.1, 0.15) is 46.1 Å². The van der Waals surface area contributed by atoms with Crippen LogP contribution < -0.4 is 5.32 Å². The molecule has 2 amide bonds. The number of hydrogen-bond acceptors (Lipinski definition) is 2. The number of nitrogens with zero attached hydrogens (tertiary/aromatic N) is 1. The summed E-state index contributed by atoms with van der Waals surface area (Å²) in [7, 11) is 0. The summed E-state index contributed by atoms with van der Waals surface area (Å²) in [6, 6.07) is 4.71. The second-order valence-electron chi connectivity index (χ2n) is 6.34. The van der Waals surface area contributed by atoms with Gasteiger partial charge in [-0.25, -0.2) is 0 Å². The number of halogens is 2. The highest BCUT2D eigenvalue weighted by atomic mass is 35.5. The molecule has 0 aliphatic rings. The van der Waals surface area contributed by atoms with Crippen LogP contribution in [0.25, 0.3) is 0 Å². The Labute approximate surface area is 154 Å². The topological polar surface area (TPSA) is 49.4 Å². The first kappa shape index (κ1) is 20.8. The second-order valence-corrected chi connectivity index (χ2v) is 7.15. The maximum absolute atomic E-state index is 12.5. The van der Waals surface area contributed by atoms with Crippen molar-refractivity contribution in [2.45, 2.75) is 53.1 Å². The molecule has 0 aliphatic carbocycles. The first-order chi connectivity index (χ1) is 11.3. The van der Waals surface area contributed by atoms with Crippen LogP contribution in [0, 0.1) is 5.92 Å². The summed E-state index contributed by atoms with van der Waals surface area (Å²) in [4.78, 5) is 26.4. The van der Waals surface area contributed by atoms with E-state index in [0.717, 1.165) is 12.0 Å². The van der Waals surface area contributed by atoms with Gasteiger partial charge >= 0.3 is 0 Å². The highest BCUT2D eigenvalue weighted by Gasteiger charge is 2.25. The van der Waals surface area contributed by atoms with E-state index in [9.17, 15) is 9.59 Å². The molecule has 1 aromatic rings. The Balaban J connectivity index is 2.92. The Morgan fingerprint density at radius 2 is 1.83 bits per heavy atom. The first-order valence-electron chi connectivity index (χ1n) is 8.27. The monoisotopic (exact) mass is 372 g/mol. The Morgan fingerprint density at radius 3 is 2.38 bits per heavy atom. The number of hydrogen-bond donors (Lipinski definition) is 1. The van der Waals surface area contributed by atoms with E-state index in [1.54, 1.807) is 24.0 Å². The Hall–Kier alpha value is -1.26. The number of amides is 2. The molecule has 1 rings (SSSR count). The van der Waals surface area contributed by atoms with Gasteiger partial charge in [0, 0.05) is 19.5 Å². The third-order valence-electron chi connectivity index (χ3n) is 3.65. The molecule has 1 N–H and O–H groups in total. The van der Waals surface area contributed by atoms with Gasteiger partial charge in [0.1, 0.15) is 6.04 Å². The molecule has 0 aliphatic heterocycles. The molecule has 1 aromatic carbocycles. The van der Waals surface area contributed by atoms with Crippen LogP contribution in [0.5, 0.6) is 0 Å². The molecule has 0 saturated carbocycles. The van der Waals surface area contributed by atoms with Crippen molar-refractivity contribution < 1.29 is 9.59 Å². The van der Waals surface area contributed by atoms with Gasteiger partial charge < -0.3 is 10.2 Å². The molecular weight excluding hydrogens is 347 g/mol. The van der Waals surface area contributed by atoms with Gasteiger partial charge in [-0.05, 0) is 37.0 Å². The quantitative estimate of drug-likeness (QED) is 0.739. The van der Waals surface area contributed by atoms with Gasteiger partial charge in [-0.2, -0.15) is 0 Å². The zero-order valence-corrected chi connectivity index (χ0v) is 16.2. The van der Waals surface area contributed by atoms with Crippen LogP contribution in [0.15, 0.2) is 18.2 Å². The second kappa shape index (κ2) is 9.90. The summed E-state index contributed by atoms with van der Waals surface area (Å²) in [5.74, 6) is 0.167. The third kappa shape index (κ3) is 6.33. The molecule has 0 saturated heterocycles. The fourth-order valence-electron chi connectivity index (χ4n) is 2.23. The number of carbonyl (C=O) groups excluding carboxylic acids is 2. The molecule has 0 unspecified atom stereocenters. The lowest BCUT2D eigenvalue weighted by atomic mass is 10.1. The molecule has 6 heteroatoms. The molecule has 24 heavy (non-hydrogen) atoms. The van der Waals surface area contributed by atoms with Crippen molar-refractivity contribution in [2.24, 2.45) is 5.92 Å². The summed E-state index contributed by atoms with van der Waals surface area (Å²) < 4.78 is 0.